The van der Waals surface area contributed by atoms with Crippen LogP contribution in [0.4, 0.5) is 17.6 Å². The standard InChI is InChI=1S/C13H17F4N/c1-12(2,3)18-8-11(14)9-5-4-6-10(7-9)13(15,16)17/h4-7,11,18H,8H2,1-3H3. The topological polar surface area (TPSA) is 12.0 Å². The Bertz CT molecular complexity index is 393. The van der Waals surface area contributed by atoms with Gasteiger partial charge in [-0.1, -0.05) is 12.1 Å². The molecule has 1 nitrogen and oxygen atoms in total. The summed E-state index contributed by atoms with van der Waals surface area (Å²) in [6.45, 7) is 5.59. The summed E-state index contributed by atoms with van der Waals surface area (Å²) in [5, 5.41) is 2.92. The van der Waals surface area contributed by atoms with Gasteiger partial charge in [0.2, 0.25) is 0 Å². The molecule has 0 aliphatic rings. The Kier molecular flexibility index (Phi) is 4.37. The molecule has 0 heterocycles. The second-order valence-corrected chi connectivity index (χ2v) is 5.22. The van der Waals surface area contributed by atoms with Crippen molar-refractivity contribution in [1.29, 1.82) is 0 Å². The van der Waals surface area contributed by atoms with Crippen molar-refractivity contribution in [3.8, 4) is 0 Å². The van der Waals surface area contributed by atoms with E-state index < -0.39 is 17.9 Å². The highest BCUT2D eigenvalue weighted by Crippen LogP contribution is 2.31. The lowest BCUT2D eigenvalue weighted by atomic mass is 10.0. The first-order valence-corrected chi connectivity index (χ1v) is 5.66. The van der Waals surface area contributed by atoms with E-state index in [0.29, 0.717) is 0 Å². The van der Waals surface area contributed by atoms with Gasteiger partial charge >= 0.3 is 6.18 Å². The lowest BCUT2D eigenvalue weighted by Gasteiger charge is -2.22. The number of hydrogen-bond donors (Lipinski definition) is 1. The molecule has 1 aromatic carbocycles. The lowest BCUT2D eigenvalue weighted by molar-refractivity contribution is -0.137. The predicted molar refractivity (Wildman–Crippen MR) is 63.0 cm³/mol. The largest absolute Gasteiger partial charge is 0.416 e. The molecule has 0 aliphatic heterocycles. The molecule has 1 unspecified atom stereocenters. The molecule has 0 aliphatic carbocycles. The smallest absolute Gasteiger partial charge is 0.309 e. The van der Waals surface area contributed by atoms with E-state index in [0.717, 1.165) is 12.1 Å². The van der Waals surface area contributed by atoms with Crippen molar-refractivity contribution in [3.05, 3.63) is 35.4 Å². The van der Waals surface area contributed by atoms with Crippen molar-refractivity contribution in [1.82, 2.24) is 5.32 Å². The highest BCUT2D eigenvalue weighted by molar-refractivity contribution is 5.27. The zero-order chi connectivity index (χ0) is 14.0. The SMILES string of the molecule is CC(C)(C)NCC(F)c1cccc(C(F)(F)F)c1. The quantitative estimate of drug-likeness (QED) is 0.809. The van der Waals surface area contributed by atoms with Crippen molar-refractivity contribution in [2.24, 2.45) is 0 Å². The molecule has 5 heteroatoms. The Balaban J connectivity index is 2.78. The molecular formula is C13H17F4N. The number of nitrogens with one attached hydrogen (secondary N) is 1. The molecule has 0 radical (unpaired) electrons. The minimum absolute atomic E-state index is 0.00912. The van der Waals surface area contributed by atoms with E-state index in [1.165, 1.54) is 12.1 Å². The molecule has 1 aromatic rings. The molecule has 0 bridgehead atoms. The molecule has 0 saturated heterocycles. The molecule has 102 valence electrons. The van der Waals surface area contributed by atoms with Crippen molar-refractivity contribution in [2.75, 3.05) is 6.54 Å². The van der Waals surface area contributed by atoms with Gasteiger partial charge in [-0.3, -0.25) is 0 Å². The minimum Gasteiger partial charge on any atom is -0.309 e. The third-order valence-electron chi connectivity index (χ3n) is 2.39. The highest BCUT2D eigenvalue weighted by atomic mass is 19.4. The average Bonchev–Trinajstić information content (AvgIpc) is 2.24. The fourth-order valence-corrected chi connectivity index (χ4v) is 1.42. The summed E-state index contributed by atoms with van der Waals surface area (Å²) in [6, 6.07) is 4.38. The molecule has 0 saturated carbocycles. The lowest BCUT2D eigenvalue weighted by Crippen LogP contribution is -2.37. The van der Waals surface area contributed by atoms with Crippen LogP contribution in [0.3, 0.4) is 0 Å². The summed E-state index contributed by atoms with van der Waals surface area (Å²) in [5.74, 6) is 0. The van der Waals surface area contributed by atoms with Crippen LogP contribution in [0.15, 0.2) is 24.3 Å². The zero-order valence-corrected chi connectivity index (χ0v) is 10.6. The van der Waals surface area contributed by atoms with E-state index in [4.69, 9.17) is 0 Å². The van der Waals surface area contributed by atoms with E-state index in [9.17, 15) is 17.6 Å². The van der Waals surface area contributed by atoms with Gasteiger partial charge in [-0.05, 0) is 38.5 Å². The summed E-state index contributed by atoms with van der Waals surface area (Å²) >= 11 is 0. The van der Waals surface area contributed by atoms with Crippen LogP contribution in [0.5, 0.6) is 0 Å². The van der Waals surface area contributed by atoms with Gasteiger partial charge in [-0.25, -0.2) is 4.39 Å². The molecule has 1 rings (SSSR count). The molecule has 0 amide bonds. The maximum Gasteiger partial charge on any atom is 0.416 e. The van der Waals surface area contributed by atoms with Crippen molar-refractivity contribution < 1.29 is 17.6 Å². The summed E-state index contributed by atoms with van der Waals surface area (Å²) in [7, 11) is 0. The maximum atomic E-state index is 13.8. The molecule has 0 aromatic heterocycles. The van der Waals surface area contributed by atoms with E-state index >= 15 is 0 Å². The summed E-state index contributed by atoms with van der Waals surface area (Å²) in [4.78, 5) is 0. The Labute approximate surface area is 104 Å². The maximum absolute atomic E-state index is 13.8. The van der Waals surface area contributed by atoms with Gasteiger partial charge in [0.05, 0.1) is 5.56 Å². The first kappa shape index (κ1) is 15.0. The number of hydrogen-bond acceptors (Lipinski definition) is 1. The van der Waals surface area contributed by atoms with Crippen LogP contribution in [-0.2, 0) is 6.18 Å². The third kappa shape index (κ3) is 4.64. The Morgan fingerprint density at radius 2 is 1.78 bits per heavy atom. The zero-order valence-electron chi connectivity index (χ0n) is 10.6. The second-order valence-electron chi connectivity index (χ2n) is 5.22. The van der Waals surface area contributed by atoms with E-state index in [1.807, 2.05) is 20.8 Å². The number of halogens is 4. The van der Waals surface area contributed by atoms with E-state index in [1.54, 1.807) is 0 Å². The summed E-state index contributed by atoms with van der Waals surface area (Å²) < 4.78 is 51.2. The molecule has 18 heavy (non-hydrogen) atoms. The number of rotatable bonds is 3. The molecule has 1 N–H and O–H groups in total. The average molecular weight is 263 g/mol. The van der Waals surface area contributed by atoms with E-state index in [-0.39, 0.29) is 17.6 Å². The van der Waals surface area contributed by atoms with Gasteiger partial charge in [-0.15, -0.1) is 0 Å². The Hall–Kier alpha value is -1.10. The van der Waals surface area contributed by atoms with Crippen LogP contribution in [-0.4, -0.2) is 12.1 Å². The van der Waals surface area contributed by atoms with Crippen molar-refractivity contribution in [2.45, 2.75) is 38.7 Å². The summed E-state index contributed by atoms with van der Waals surface area (Å²) in [5.41, 5.74) is -1.05. The van der Waals surface area contributed by atoms with Gasteiger partial charge in [0, 0.05) is 12.1 Å². The van der Waals surface area contributed by atoms with Crippen molar-refractivity contribution >= 4 is 0 Å². The van der Waals surface area contributed by atoms with Crippen LogP contribution in [0.1, 0.15) is 38.1 Å². The van der Waals surface area contributed by atoms with E-state index in [2.05, 4.69) is 5.32 Å². The fourth-order valence-electron chi connectivity index (χ4n) is 1.42. The van der Waals surface area contributed by atoms with Gasteiger partial charge in [-0.2, -0.15) is 13.2 Å². The first-order valence-electron chi connectivity index (χ1n) is 5.66. The fraction of sp³-hybridized carbons (Fsp3) is 0.538. The second kappa shape index (κ2) is 5.26. The number of benzene rings is 1. The van der Waals surface area contributed by atoms with Gasteiger partial charge < -0.3 is 5.32 Å². The van der Waals surface area contributed by atoms with Crippen molar-refractivity contribution in [3.63, 3.8) is 0 Å². The Morgan fingerprint density at radius 3 is 2.28 bits per heavy atom. The van der Waals surface area contributed by atoms with Gasteiger partial charge in [0.25, 0.3) is 0 Å². The number of alkyl halides is 4. The monoisotopic (exact) mass is 263 g/mol. The highest BCUT2D eigenvalue weighted by Gasteiger charge is 2.31. The molecule has 0 spiro atoms. The van der Waals surface area contributed by atoms with Crippen LogP contribution >= 0.6 is 0 Å². The Morgan fingerprint density at radius 1 is 1.17 bits per heavy atom. The molecule has 1 atom stereocenters. The molecular weight excluding hydrogens is 246 g/mol. The van der Waals surface area contributed by atoms with Crippen LogP contribution < -0.4 is 5.32 Å². The normalized spacial score (nSPS) is 14.6. The van der Waals surface area contributed by atoms with Gasteiger partial charge in [0.15, 0.2) is 0 Å². The van der Waals surface area contributed by atoms with Crippen LogP contribution in [0, 0.1) is 0 Å². The third-order valence-corrected chi connectivity index (χ3v) is 2.39. The summed E-state index contributed by atoms with van der Waals surface area (Å²) in [6.07, 6.45) is -5.89. The van der Waals surface area contributed by atoms with Crippen LogP contribution in [0.2, 0.25) is 0 Å². The first-order chi connectivity index (χ1) is 8.09. The predicted octanol–water partition coefficient (Wildman–Crippen LogP) is 4.10. The van der Waals surface area contributed by atoms with Crippen LogP contribution in [0.25, 0.3) is 0 Å². The van der Waals surface area contributed by atoms with Gasteiger partial charge in [0.1, 0.15) is 6.17 Å². The molecule has 0 fully saturated rings. The minimum atomic E-state index is -4.44.